The van der Waals surface area contributed by atoms with Crippen molar-refractivity contribution in [2.75, 3.05) is 33.3 Å². The molecule has 0 aliphatic carbocycles. The number of nitrogens with zero attached hydrogens (tertiary/aromatic N) is 2. The van der Waals surface area contributed by atoms with Gasteiger partial charge in [-0.3, -0.25) is 4.90 Å². The van der Waals surface area contributed by atoms with Crippen LogP contribution in [0.4, 0.5) is 0 Å². The highest BCUT2D eigenvalue weighted by atomic mass is 16.5. The van der Waals surface area contributed by atoms with Crippen LogP contribution in [0.15, 0.2) is 84.9 Å². The number of aryl methyl sites for hydroxylation is 1. The number of aromatic nitrogens is 2. The van der Waals surface area contributed by atoms with Crippen LogP contribution in [0.1, 0.15) is 35.4 Å². The number of benzene rings is 3. The lowest BCUT2D eigenvalue weighted by molar-refractivity contribution is 0.0673. The summed E-state index contributed by atoms with van der Waals surface area (Å²) >= 11 is 0. The third kappa shape index (κ3) is 4.49. The first-order chi connectivity index (χ1) is 17.1. The molecular weight excluding hydrogens is 432 g/mol. The molecule has 5 rings (SSSR count). The average molecular weight is 467 g/mol. The van der Waals surface area contributed by atoms with Crippen LogP contribution < -0.4 is 10.1 Å². The van der Waals surface area contributed by atoms with Gasteiger partial charge in [0, 0.05) is 43.4 Å². The van der Waals surface area contributed by atoms with E-state index in [1.165, 1.54) is 11.1 Å². The van der Waals surface area contributed by atoms with Gasteiger partial charge in [0.25, 0.3) is 0 Å². The first-order valence-electron chi connectivity index (χ1n) is 12.4. The zero-order chi connectivity index (χ0) is 24.3. The number of piperazine rings is 1. The number of H-pyrrole nitrogens is 1. The van der Waals surface area contributed by atoms with Crippen molar-refractivity contribution in [2.45, 2.75) is 25.3 Å². The Hall–Kier alpha value is -3.41. The SMILES string of the molecule is COc1ccc(-c2nc(C(C)(C(c3ccccc3)c3ccccc3)N3CCNCC3)c(C)[nH]2)cc1. The molecule has 1 aliphatic rings. The fourth-order valence-electron chi connectivity index (χ4n) is 5.57. The van der Waals surface area contributed by atoms with Crippen LogP contribution in [0, 0.1) is 6.92 Å². The fourth-order valence-corrected chi connectivity index (χ4v) is 5.57. The Morgan fingerprint density at radius 2 is 1.43 bits per heavy atom. The minimum atomic E-state index is -0.351. The molecule has 2 N–H and O–H groups in total. The minimum absolute atomic E-state index is 0.119. The smallest absolute Gasteiger partial charge is 0.137 e. The predicted molar refractivity (Wildman–Crippen MR) is 142 cm³/mol. The van der Waals surface area contributed by atoms with E-state index < -0.39 is 0 Å². The Bertz CT molecular complexity index is 1190. The minimum Gasteiger partial charge on any atom is -0.497 e. The maximum atomic E-state index is 5.35. The van der Waals surface area contributed by atoms with Crippen LogP contribution in [0.25, 0.3) is 11.4 Å². The summed E-state index contributed by atoms with van der Waals surface area (Å²) in [7, 11) is 1.69. The van der Waals surface area contributed by atoms with E-state index in [0.29, 0.717) is 0 Å². The molecule has 2 heterocycles. The Morgan fingerprint density at radius 1 is 0.857 bits per heavy atom. The molecule has 5 heteroatoms. The van der Waals surface area contributed by atoms with Gasteiger partial charge in [0.1, 0.15) is 11.6 Å². The van der Waals surface area contributed by atoms with Crippen molar-refractivity contribution in [2.24, 2.45) is 0 Å². The molecule has 35 heavy (non-hydrogen) atoms. The number of imidazole rings is 1. The van der Waals surface area contributed by atoms with E-state index in [1.807, 2.05) is 12.1 Å². The summed E-state index contributed by atoms with van der Waals surface area (Å²) in [5.41, 5.74) is 5.51. The second-order valence-electron chi connectivity index (χ2n) is 9.43. The van der Waals surface area contributed by atoms with Crippen molar-refractivity contribution < 1.29 is 4.74 Å². The zero-order valence-corrected chi connectivity index (χ0v) is 20.8. The molecule has 180 valence electrons. The lowest BCUT2D eigenvalue weighted by Crippen LogP contribution is -2.56. The lowest BCUT2D eigenvalue weighted by atomic mass is 9.72. The summed E-state index contributed by atoms with van der Waals surface area (Å²) < 4.78 is 5.35. The van der Waals surface area contributed by atoms with E-state index in [-0.39, 0.29) is 11.5 Å². The highest BCUT2D eigenvalue weighted by molar-refractivity contribution is 5.58. The summed E-state index contributed by atoms with van der Waals surface area (Å²) in [5, 5.41) is 3.53. The van der Waals surface area contributed by atoms with Gasteiger partial charge in [-0.1, -0.05) is 60.7 Å². The van der Waals surface area contributed by atoms with E-state index in [2.05, 4.69) is 102 Å². The molecule has 0 spiro atoms. The number of methoxy groups -OCH3 is 1. The molecule has 5 nitrogen and oxygen atoms in total. The van der Waals surface area contributed by atoms with Gasteiger partial charge in [-0.25, -0.2) is 4.98 Å². The number of aromatic amines is 1. The maximum Gasteiger partial charge on any atom is 0.137 e. The Balaban J connectivity index is 1.69. The monoisotopic (exact) mass is 466 g/mol. The quantitative estimate of drug-likeness (QED) is 0.386. The Morgan fingerprint density at radius 3 is 1.97 bits per heavy atom. The maximum absolute atomic E-state index is 5.35. The third-order valence-electron chi connectivity index (χ3n) is 7.33. The number of ether oxygens (including phenoxy) is 1. The fraction of sp³-hybridized carbons (Fsp3) is 0.300. The van der Waals surface area contributed by atoms with E-state index in [4.69, 9.17) is 9.72 Å². The van der Waals surface area contributed by atoms with E-state index >= 15 is 0 Å². The molecule has 1 aromatic heterocycles. The second kappa shape index (κ2) is 10.1. The van der Waals surface area contributed by atoms with E-state index in [1.54, 1.807) is 7.11 Å². The van der Waals surface area contributed by atoms with Gasteiger partial charge in [-0.05, 0) is 49.2 Å². The Kier molecular flexibility index (Phi) is 6.71. The summed E-state index contributed by atoms with van der Waals surface area (Å²) in [6.45, 7) is 8.42. The van der Waals surface area contributed by atoms with E-state index in [0.717, 1.165) is 54.7 Å². The summed E-state index contributed by atoms with van der Waals surface area (Å²) in [6, 6.07) is 29.9. The first-order valence-corrected chi connectivity index (χ1v) is 12.4. The van der Waals surface area contributed by atoms with Crippen molar-refractivity contribution >= 4 is 0 Å². The van der Waals surface area contributed by atoms with Crippen LogP contribution in [0.5, 0.6) is 5.75 Å². The van der Waals surface area contributed by atoms with Crippen molar-refractivity contribution in [3.8, 4) is 17.1 Å². The number of rotatable bonds is 7. The summed E-state index contributed by atoms with van der Waals surface area (Å²) in [4.78, 5) is 11.5. The molecule has 1 saturated heterocycles. The van der Waals surface area contributed by atoms with Crippen molar-refractivity contribution in [1.82, 2.24) is 20.2 Å². The average Bonchev–Trinajstić information content (AvgIpc) is 3.32. The number of hydrogen-bond donors (Lipinski definition) is 2. The molecule has 1 atom stereocenters. The molecule has 1 fully saturated rings. The highest BCUT2D eigenvalue weighted by Crippen LogP contribution is 2.46. The number of hydrogen-bond acceptors (Lipinski definition) is 4. The molecule has 3 aromatic carbocycles. The normalized spacial score (nSPS) is 16.2. The molecule has 1 unspecified atom stereocenters. The van der Waals surface area contributed by atoms with E-state index in [9.17, 15) is 0 Å². The van der Waals surface area contributed by atoms with Gasteiger partial charge >= 0.3 is 0 Å². The summed E-state index contributed by atoms with van der Waals surface area (Å²) in [5.74, 6) is 1.85. The van der Waals surface area contributed by atoms with Crippen molar-refractivity contribution in [3.63, 3.8) is 0 Å². The van der Waals surface area contributed by atoms with Crippen molar-refractivity contribution in [1.29, 1.82) is 0 Å². The van der Waals surface area contributed by atoms with Gasteiger partial charge in [0.05, 0.1) is 18.3 Å². The van der Waals surface area contributed by atoms with Crippen LogP contribution >= 0.6 is 0 Å². The molecular formula is C30H34N4O. The summed E-state index contributed by atoms with van der Waals surface area (Å²) in [6.07, 6.45) is 0. The standard InChI is InChI=1S/C30H34N4O/c1-22-28(33-29(32-22)25-14-16-26(35-3)17-15-25)30(2,34-20-18-31-19-21-34)27(23-10-6-4-7-11-23)24-12-8-5-9-13-24/h4-17,27,31H,18-21H2,1-3H3,(H,32,33). The zero-order valence-electron chi connectivity index (χ0n) is 20.8. The van der Waals surface area contributed by atoms with Crippen LogP contribution in [0.2, 0.25) is 0 Å². The molecule has 0 radical (unpaired) electrons. The number of nitrogens with one attached hydrogen (secondary N) is 2. The van der Waals surface area contributed by atoms with Gasteiger partial charge in [-0.2, -0.15) is 0 Å². The highest BCUT2D eigenvalue weighted by Gasteiger charge is 2.46. The van der Waals surface area contributed by atoms with Gasteiger partial charge in [-0.15, -0.1) is 0 Å². The Labute approximate surface area is 208 Å². The first kappa shape index (κ1) is 23.3. The van der Waals surface area contributed by atoms with Gasteiger partial charge < -0.3 is 15.0 Å². The van der Waals surface area contributed by atoms with Crippen LogP contribution in [-0.2, 0) is 5.54 Å². The molecule has 0 bridgehead atoms. The lowest BCUT2D eigenvalue weighted by Gasteiger charge is -2.48. The molecule has 0 amide bonds. The molecule has 0 saturated carbocycles. The van der Waals surface area contributed by atoms with Crippen LogP contribution in [0.3, 0.4) is 0 Å². The van der Waals surface area contributed by atoms with Gasteiger partial charge in [0.15, 0.2) is 0 Å². The second-order valence-corrected chi connectivity index (χ2v) is 9.43. The largest absolute Gasteiger partial charge is 0.497 e. The topological polar surface area (TPSA) is 53.2 Å². The van der Waals surface area contributed by atoms with Gasteiger partial charge in [0.2, 0.25) is 0 Å². The third-order valence-corrected chi connectivity index (χ3v) is 7.33. The molecule has 4 aromatic rings. The molecule has 1 aliphatic heterocycles. The van der Waals surface area contributed by atoms with Crippen LogP contribution in [-0.4, -0.2) is 48.2 Å². The predicted octanol–water partition coefficient (Wildman–Crippen LogP) is 5.35. The van der Waals surface area contributed by atoms with Crippen molar-refractivity contribution in [3.05, 3.63) is 107 Å².